The summed E-state index contributed by atoms with van der Waals surface area (Å²) in [4.78, 5) is 12.4. The number of carbonyl (C=O) groups is 1. The van der Waals surface area contributed by atoms with Gasteiger partial charge in [0.05, 0.1) is 23.0 Å². The zero-order valence-electron chi connectivity index (χ0n) is 10.8. The van der Waals surface area contributed by atoms with E-state index in [4.69, 9.17) is 18.0 Å². The maximum atomic E-state index is 12.2. The van der Waals surface area contributed by atoms with Crippen molar-refractivity contribution in [1.29, 1.82) is 0 Å². The summed E-state index contributed by atoms with van der Waals surface area (Å²) >= 11 is 4.92. The molecule has 0 aliphatic heterocycles. The summed E-state index contributed by atoms with van der Waals surface area (Å²) in [5.41, 5.74) is 7.27. The number of hydrogen-bond donors (Lipinski definition) is 2. The molecular formula is C11H14N6OS. The second-order valence-corrected chi connectivity index (χ2v) is 4.59. The number of nitrogens with two attached hydrogens (primary N) is 1. The molecule has 0 aliphatic carbocycles. The minimum absolute atomic E-state index is 0.186. The van der Waals surface area contributed by atoms with Crippen LogP contribution < -0.4 is 11.1 Å². The van der Waals surface area contributed by atoms with E-state index in [1.165, 1.54) is 10.9 Å². The number of nitrogens with zero attached hydrogens (tertiary/aromatic N) is 4. The van der Waals surface area contributed by atoms with Crippen LogP contribution in [0.2, 0.25) is 0 Å². The predicted molar refractivity (Wildman–Crippen MR) is 75.0 cm³/mol. The summed E-state index contributed by atoms with van der Waals surface area (Å²) in [6, 6.07) is 0. The molecule has 7 nitrogen and oxygen atoms in total. The van der Waals surface area contributed by atoms with E-state index >= 15 is 0 Å². The number of nitrogens with one attached hydrogen (secondary N) is 1. The highest BCUT2D eigenvalue weighted by Crippen LogP contribution is 2.16. The topological polar surface area (TPSA) is 90.8 Å². The summed E-state index contributed by atoms with van der Waals surface area (Å²) in [6.45, 7) is 1.77. The first-order chi connectivity index (χ1) is 8.90. The van der Waals surface area contributed by atoms with Gasteiger partial charge in [0, 0.05) is 20.3 Å². The Morgan fingerprint density at radius 1 is 1.42 bits per heavy atom. The maximum absolute atomic E-state index is 12.2. The van der Waals surface area contributed by atoms with Gasteiger partial charge in [-0.3, -0.25) is 14.2 Å². The molecule has 0 atom stereocenters. The van der Waals surface area contributed by atoms with Gasteiger partial charge in [0.25, 0.3) is 5.91 Å². The third-order valence-electron chi connectivity index (χ3n) is 2.69. The van der Waals surface area contributed by atoms with E-state index in [2.05, 4.69) is 15.5 Å². The number of amides is 1. The van der Waals surface area contributed by atoms with Gasteiger partial charge in [0.2, 0.25) is 0 Å². The SMILES string of the molecule is Cc1nn(C)cc1C(=O)Nc1c(C(N)=S)cnn1C. The molecule has 1 amide bonds. The van der Waals surface area contributed by atoms with Crippen LogP contribution in [0.4, 0.5) is 5.82 Å². The van der Waals surface area contributed by atoms with Crippen molar-refractivity contribution in [3.05, 3.63) is 29.2 Å². The molecule has 3 N–H and O–H groups in total. The van der Waals surface area contributed by atoms with Gasteiger partial charge in [-0.15, -0.1) is 0 Å². The standard InChI is InChI=1S/C11H14N6OS/c1-6-8(5-16(2)15-6)11(18)14-10-7(9(12)19)4-13-17(10)3/h4-5H,1-3H3,(H2,12,19)(H,14,18). The lowest BCUT2D eigenvalue weighted by Crippen LogP contribution is -2.19. The molecule has 0 aliphatic rings. The summed E-state index contributed by atoms with van der Waals surface area (Å²) in [7, 11) is 3.46. The zero-order valence-corrected chi connectivity index (χ0v) is 11.7. The van der Waals surface area contributed by atoms with Gasteiger partial charge in [0.15, 0.2) is 0 Å². The third kappa shape index (κ3) is 2.48. The average molecular weight is 278 g/mol. The van der Waals surface area contributed by atoms with Crippen molar-refractivity contribution in [2.45, 2.75) is 6.92 Å². The highest BCUT2D eigenvalue weighted by molar-refractivity contribution is 7.80. The highest BCUT2D eigenvalue weighted by atomic mass is 32.1. The van der Waals surface area contributed by atoms with Gasteiger partial charge in [-0.1, -0.05) is 12.2 Å². The fourth-order valence-corrected chi connectivity index (χ4v) is 1.91. The van der Waals surface area contributed by atoms with Crippen LogP contribution in [-0.4, -0.2) is 30.5 Å². The molecule has 0 radical (unpaired) electrons. The maximum Gasteiger partial charge on any atom is 0.260 e. The Balaban J connectivity index is 2.31. The van der Waals surface area contributed by atoms with Gasteiger partial charge in [-0.2, -0.15) is 10.2 Å². The Morgan fingerprint density at radius 2 is 2.11 bits per heavy atom. The van der Waals surface area contributed by atoms with E-state index in [-0.39, 0.29) is 10.9 Å². The van der Waals surface area contributed by atoms with E-state index in [0.717, 1.165) is 0 Å². The van der Waals surface area contributed by atoms with Crippen LogP contribution in [0.1, 0.15) is 21.6 Å². The quantitative estimate of drug-likeness (QED) is 0.791. The van der Waals surface area contributed by atoms with Crippen molar-refractivity contribution < 1.29 is 4.79 Å². The van der Waals surface area contributed by atoms with Crippen LogP contribution in [-0.2, 0) is 14.1 Å². The monoisotopic (exact) mass is 278 g/mol. The van der Waals surface area contributed by atoms with Gasteiger partial charge in [0.1, 0.15) is 10.8 Å². The van der Waals surface area contributed by atoms with Crippen LogP contribution in [0.15, 0.2) is 12.4 Å². The van der Waals surface area contributed by atoms with E-state index in [1.54, 1.807) is 31.9 Å². The van der Waals surface area contributed by atoms with Crippen LogP contribution in [0.25, 0.3) is 0 Å². The van der Waals surface area contributed by atoms with E-state index in [9.17, 15) is 4.79 Å². The molecule has 19 heavy (non-hydrogen) atoms. The van der Waals surface area contributed by atoms with Crippen molar-refractivity contribution in [2.75, 3.05) is 5.32 Å². The van der Waals surface area contributed by atoms with Crippen molar-refractivity contribution in [3.63, 3.8) is 0 Å². The Hall–Kier alpha value is -2.22. The minimum Gasteiger partial charge on any atom is -0.389 e. The number of aryl methyl sites for hydroxylation is 3. The van der Waals surface area contributed by atoms with Gasteiger partial charge < -0.3 is 11.1 Å². The lowest BCUT2D eigenvalue weighted by molar-refractivity contribution is 0.102. The minimum atomic E-state index is -0.272. The van der Waals surface area contributed by atoms with Gasteiger partial charge in [-0.25, -0.2) is 0 Å². The third-order valence-corrected chi connectivity index (χ3v) is 2.91. The Bertz CT molecular complexity index is 656. The molecule has 2 rings (SSSR count). The van der Waals surface area contributed by atoms with Gasteiger partial charge in [-0.05, 0) is 6.92 Å². The zero-order chi connectivity index (χ0) is 14.2. The van der Waals surface area contributed by atoms with E-state index in [0.29, 0.717) is 22.6 Å². The fourth-order valence-electron chi connectivity index (χ4n) is 1.76. The number of rotatable bonds is 3. The first-order valence-electron chi connectivity index (χ1n) is 5.53. The van der Waals surface area contributed by atoms with Crippen molar-refractivity contribution in [2.24, 2.45) is 19.8 Å². The molecule has 0 saturated heterocycles. The largest absolute Gasteiger partial charge is 0.389 e. The van der Waals surface area contributed by atoms with Crippen molar-refractivity contribution in [3.8, 4) is 0 Å². The molecule has 2 aromatic rings. The van der Waals surface area contributed by atoms with Crippen LogP contribution >= 0.6 is 12.2 Å². The molecule has 0 bridgehead atoms. The van der Waals surface area contributed by atoms with E-state index in [1.807, 2.05) is 0 Å². The Labute approximate surface area is 115 Å². The molecule has 0 unspecified atom stereocenters. The highest BCUT2D eigenvalue weighted by Gasteiger charge is 2.17. The lowest BCUT2D eigenvalue weighted by Gasteiger charge is -2.07. The smallest absolute Gasteiger partial charge is 0.260 e. The molecule has 100 valence electrons. The number of anilines is 1. The second kappa shape index (κ2) is 4.81. The Kier molecular flexibility index (Phi) is 3.34. The second-order valence-electron chi connectivity index (χ2n) is 4.15. The van der Waals surface area contributed by atoms with Crippen LogP contribution in [0.3, 0.4) is 0 Å². The first kappa shape index (κ1) is 13.2. The van der Waals surface area contributed by atoms with E-state index < -0.39 is 0 Å². The molecule has 0 spiro atoms. The van der Waals surface area contributed by atoms with Gasteiger partial charge >= 0.3 is 0 Å². The van der Waals surface area contributed by atoms with Crippen LogP contribution in [0, 0.1) is 6.92 Å². The molecule has 2 aromatic heterocycles. The van der Waals surface area contributed by atoms with Crippen LogP contribution in [0.5, 0.6) is 0 Å². The molecule has 0 saturated carbocycles. The number of carbonyl (C=O) groups excluding carboxylic acids is 1. The fraction of sp³-hybridized carbons (Fsp3) is 0.273. The summed E-state index contributed by atoms with van der Waals surface area (Å²) in [6.07, 6.45) is 3.18. The molecule has 2 heterocycles. The average Bonchev–Trinajstić information content (AvgIpc) is 2.83. The predicted octanol–water partition coefficient (Wildman–Crippen LogP) is 0.349. The summed E-state index contributed by atoms with van der Waals surface area (Å²) < 4.78 is 3.10. The normalized spacial score (nSPS) is 10.5. The number of hydrogen-bond acceptors (Lipinski definition) is 4. The lowest BCUT2D eigenvalue weighted by atomic mass is 10.2. The summed E-state index contributed by atoms with van der Waals surface area (Å²) in [5, 5.41) is 10.9. The molecular weight excluding hydrogens is 264 g/mol. The first-order valence-corrected chi connectivity index (χ1v) is 5.94. The molecule has 0 aromatic carbocycles. The van der Waals surface area contributed by atoms with Crippen molar-refractivity contribution >= 4 is 28.9 Å². The Morgan fingerprint density at radius 3 is 2.63 bits per heavy atom. The molecule has 0 fully saturated rings. The molecule has 8 heteroatoms. The summed E-state index contributed by atoms with van der Waals surface area (Å²) in [5.74, 6) is 0.201. The number of aromatic nitrogens is 4. The number of thiocarbonyl (C=S) groups is 1. The van der Waals surface area contributed by atoms with Crippen molar-refractivity contribution in [1.82, 2.24) is 19.6 Å².